The molecule has 1 aliphatic carbocycles. The average molecular weight is 270 g/mol. The zero-order valence-corrected chi connectivity index (χ0v) is 9.05. The summed E-state index contributed by atoms with van der Waals surface area (Å²) in [5, 5.41) is 0. The van der Waals surface area contributed by atoms with Gasteiger partial charge in [0.1, 0.15) is 0 Å². The lowest BCUT2D eigenvalue weighted by Crippen LogP contribution is -2.50. The molecule has 102 valence electrons. The molecule has 0 aromatic rings. The Kier molecular flexibility index (Phi) is 3.41. The van der Waals surface area contributed by atoms with Crippen molar-refractivity contribution in [2.75, 3.05) is 0 Å². The van der Waals surface area contributed by atoms with Crippen LogP contribution in [0.25, 0.3) is 0 Å². The number of halogens is 8. The molecule has 0 atom stereocenters. The number of hydrogen-bond acceptors (Lipinski definition) is 0. The fourth-order valence-electron chi connectivity index (χ4n) is 1.59. The molecule has 0 nitrogen and oxygen atoms in total. The molecule has 17 heavy (non-hydrogen) atoms. The van der Waals surface area contributed by atoms with Crippen LogP contribution in [0.2, 0.25) is 0 Å². The van der Waals surface area contributed by atoms with Crippen LogP contribution in [0.4, 0.5) is 35.4 Å². The van der Waals surface area contributed by atoms with Gasteiger partial charge in [-0.2, -0.15) is 26.3 Å². The van der Waals surface area contributed by atoms with Gasteiger partial charge in [-0.25, -0.2) is 4.39 Å². The fourth-order valence-corrected chi connectivity index (χ4v) is 1.59. The van der Waals surface area contributed by atoms with Gasteiger partial charge in [-0.05, 0) is 5.41 Å². The summed E-state index contributed by atoms with van der Waals surface area (Å²) in [5.41, 5.74) is -3.65. The number of alkyl halides is 6. The molecule has 0 saturated heterocycles. The van der Waals surface area contributed by atoms with E-state index in [1.54, 1.807) is 0 Å². The summed E-state index contributed by atoms with van der Waals surface area (Å²) in [7, 11) is 0. The molecular weight excluding hydrogens is 260 g/mol. The Hall–Kier alpha value is -0.820. The molecular formula is C9H10F8. The van der Waals surface area contributed by atoms with E-state index in [0.29, 0.717) is 0 Å². The average Bonchev–Trinajstić information content (AvgIpc) is 2.06. The summed E-state index contributed by atoms with van der Waals surface area (Å²) in [6, 6.07) is 0. The molecule has 0 bridgehead atoms. The molecule has 0 spiro atoms. The van der Waals surface area contributed by atoms with Gasteiger partial charge in [0.25, 0.3) is 0 Å². The molecule has 0 heterocycles. The highest BCUT2D eigenvalue weighted by Gasteiger charge is 2.82. The summed E-state index contributed by atoms with van der Waals surface area (Å²) < 4.78 is 90.2. The molecule has 0 unspecified atom stereocenters. The van der Waals surface area contributed by atoms with Crippen molar-refractivity contribution in [3.8, 4) is 0 Å². The number of allylic oxidation sites excluding steroid dienone is 2. The highest BCUT2D eigenvalue weighted by molar-refractivity contribution is 5.40. The van der Waals surface area contributed by atoms with Crippen LogP contribution in [0.1, 0.15) is 20.8 Å². The maximum atomic E-state index is 13.1. The van der Waals surface area contributed by atoms with Crippen LogP contribution in [0.15, 0.2) is 11.4 Å². The van der Waals surface area contributed by atoms with Gasteiger partial charge < -0.3 is 0 Å². The Morgan fingerprint density at radius 2 is 1.18 bits per heavy atom. The fraction of sp³-hybridized carbons (Fsp3) is 0.778. The summed E-state index contributed by atoms with van der Waals surface area (Å²) in [6.45, 7) is 2.90. The van der Waals surface area contributed by atoms with Crippen LogP contribution in [0, 0.1) is 5.41 Å². The summed E-state index contributed by atoms with van der Waals surface area (Å²) in [6.07, 6.45) is 0. The molecule has 0 fully saturated rings. The third-order valence-corrected chi connectivity index (χ3v) is 2.35. The molecule has 0 saturated carbocycles. The van der Waals surface area contributed by atoms with Gasteiger partial charge in [0.05, 0.1) is 0 Å². The molecule has 0 N–H and O–H groups in total. The molecule has 1 aliphatic rings. The minimum Gasteiger partial charge on any atom is -0.269 e. The number of rotatable bonds is 0. The van der Waals surface area contributed by atoms with E-state index in [1.165, 1.54) is 0 Å². The van der Waals surface area contributed by atoms with E-state index in [2.05, 4.69) is 0 Å². The first-order valence-electron chi connectivity index (χ1n) is 4.32. The van der Waals surface area contributed by atoms with Gasteiger partial charge in [-0.3, -0.25) is 4.70 Å². The minimum atomic E-state index is -5.73. The third kappa shape index (κ3) is 1.72. The van der Waals surface area contributed by atoms with Gasteiger partial charge in [-0.15, -0.1) is 0 Å². The van der Waals surface area contributed by atoms with Crippen LogP contribution in [-0.4, -0.2) is 17.8 Å². The maximum absolute atomic E-state index is 13.1. The SMILES string of the molecule is CC(C)(C)C1=C(F)C(F)(F)C(F)(F)C1(F)F.F. The minimum absolute atomic E-state index is 0. The van der Waals surface area contributed by atoms with Crippen molar-refractivity contribution >= 4 is 0 Å². The van der Waals surface area contributed by atoms with E-state index in [9.17, 15) is 30.7 Å². The maximum Gasteiger partial charge on any atom is 0.382 e. The second-order valence-electron chi connectivity index (χ2n) is 4.66. The van der Waals surface area contributed by atoms with E-state index < -0.39 is 34.6 Å². The quantitative estimate of drug-likeness (QED) is 0.575. The van der Waals surface area contributed by atoms with Gasteiger partial charge >= 0.3 is 17.8 Å². The Morgan fingerprint density at radius 3 is 1.29 bits per heavy atom. The molecule has 0 amide bonds. The Balaban J connectivity index is 0.00000256. The van der Waals surface area contributed by atoms with Gasteiger partial charge in [0, 0.05) is 5.57 Å². The van der Waals surface area contributed by atoms with Crippen molar-refractivity contribution in [2.45, 2.75) is 38.5 Å². The van der Waals surface area contributed by atoms with Crippen LogP contribution >= 0.6 is 0 Å². The van der Waals surface area contributed by atoms with E-state index in [0.717, 1.165) is 20.8 Å². The van der Waals surface area contributed by atoms with Crippen molar-refractivity contribution in [3.63, 3.8) is 0 Å². The zero-order valence-electron chi connectivity index (χ0n) is 9.05. The van der Waals surface area contributed by atoms with Crippen LogP contribution in [0.3, 0.4) is 0 Å². The zero-order chi connectivity index (χ0) is 13.2. The van der Waals surface area contributed by atoms with Crippen LogP contribution < -0.4 is 0 Å². The molecule has 0 aromatic heterocycles. The molecule has 1 rings (SSSR count). The lowest BCUT2D eigenvalue weighted by atomic mass is 9.83. The summed E-state index contributed by atoms with van der Waals surface area (Å²) >= 11 is 0. The second kappa shape index (κ2) is 3.58. The first kappa shape index (κ1) is 16.2. The summed E-state index contributed by atoms with van der Waals surface area (Å²) in [4.78, 5) is 0. The van der Waals surface area contributed by atoms with Crippen LogP contribution in [-0.2, 0) is 0 Å². The second-order valence-corrected chi connectivity index (χ2v) is 4.66. The van der Waals surface area contributed by atoms with E-state index in [4.69, 9.17) is 0 Å². The Labute approximate surface area is 91.9 Å². The van der Waals surface area contributed by atoms with Crippen molar-refractivity contribution < 1.29 is 35.4 Å². The van der Waals surface area contributed by atoms with Crippen molar-refractivity contribution in [3.05, 3.63) is 11.4 Å². The molecule has 0 aliphatic heterocycles. The highest BCUT2D eigenvalue weighted by atomic mass is 19.3. The predicted octanol–water partition coefficient (Wildman–Crippen LogP) is 4.33. The Bertz CT molecular complexity index is 346. The standard InChI is InChI=1S/C9H9F7.FH/c1-6(2,3)4-5(10)8(13,14)9(15,16)7(4,11)12;/h1-3H3;1H. The van der Waals surface area contributed by atoms with E-state index >= 15 is 0 Å². The molecule has 0 aromatic carbocycles. The van der Waals surface area contributed by atoms with Gasteiger partial charge in [0.15, 0.2) is 5.83 Å². The van der Waals surface area contributed by atoms with E-state index in [-0.39, 0.29) is 4.70 Å². The predicted molar refractivity (Wildman–Crippen MR) is 44.9 cm³/mol. The first-order chi connectivity index (χ1) is 6.78. The largest absolute Gasteiger partial charge is 0.382 e. The topological polar surface area (TPSA) is 0 Å². The smallest absolute Gasteiger partial charge is 0.269 e. The lowest BCUT2D eigenvalue weighted by molar-refractivity contribution is -0.270. The summed E-state index contributed by atoms with van der Waals surface area (Å²) in [5.74, 6) is -19.1. The van der Waals surface area contributed by atoms with Crippen molar-refractivity contribution in [1.82, 2.24) is 0 Å². The molecule has 0 radical (unpaired) electrons. The van der Waals surface area contributed by atoms with E-state index in [1.807, 2.05) is 0 Å². The molecule has 8 heteroatoms. The highest BCUT2D eigenvalue weighted by Crippen LogP contribution is 2.62. The normalized spacial score (nSPS) is 25.8. The van der Waals surface area contributed by atoms with Crippen molar-refractivity contribution in [2.24, 2.45) is 5.41 Å². The van der Waals surface area contributed by atoms with Gasteiger partial charge in [-0.1, -0.05) is 20.8 Å². The first-order valence-corrected chi connectivity index (χ1v) is 4.32. The lowest BCUT2D eigenvalue weighted by Gasteiger charge is -2.29. The van der Waals surface area contributed by atoms with Gasteiger partial charge in [0.2, 0.25) is 0 Å². The Morgan fingerprint density at radius 1 is 0.824 bits per heavy atom. The van der Waals surface area contributed by atoms with Crippen LogP contribution in [0.5, 0.6) is 0 Å². The van der Waals surface area contributed by atoms with Crippen molar-refractivity contribution in [1.29, 1.82) is 0 Å². The third-order valence-electron chi connectivity index (χ3n) is 2.35. The monoisotopic (exact) mass is 270 g/mol. The number of hydrogen-bond donors (Lipinski definition) is 0.